The van der Waals surface area contributed by atoms with Gasteiger partial charge in [0.15, 0.2) is 6.04 Å². The Balaban J connectivity index is 1.60. The summed E-state index contributed by atoms with van der Waals surface area (Å²) >= 11 is 0. The van der Waals surface area contributed by atoms with Crippen molar-refractivity contribution < 1.29 is 29.3 Å². The van der Waals surface area contributed by atoms with E-state index in [9.17, 15) is 19.5 Å². The molecule has 8 nitrogen and oxygen atoms in total. The van der Waals surface area contributed by atoms with Crippen LogP contribution in [0.3, 0.4) is 0 Å². The van der Waals surface area contributed by atoms with Crippen LogP contribution >= 0.6 is 0 Å². The van der Waals surface area contributed by atoms with Crippen LogP contribution in [0.1, 0.15) is 30.9 Å². The van der Waals surface area contributed by atoms with Gasteiger partial charge in [-0.1, -0.05) is 48.5 Å². The number of rotatable bonds is 7. The van der Waals surface area contributed by atoms with E-state index < -0.39 is 36.2 Å². The number of ether oxygens (including phenoxy) is 1. The summed E-state index contributed by atoms with van der Waals surface area (Å²) in [5.41, 5.74) is 4.34. The molecule has 30 heavy (non-hydrogen) atoms. The summed E-state index contributed by atoms with van der Waals surface area (Å²) in [6, 6.07) is 13.3. The molecule has 158 valence electrons. The van der Waals surface area contributed by atoms with E-state index in [1.165, 1.54) is 13.8 Å². The molecule has 4 N–H and O–H groups in total. The second kappa shape index (κ2) is 8.96. The fourth-order valence-corrected chi connectivity index (χ4v) is 3.55. The molecule has 0 saturated heterocycles. The van der Waals surface area contributed by atoms with E-state index in [1.54, 1.807) is 0 Å². The number of nitrogens with one attached hydrogen (secondary N) is 2. The normalized spacial score (nSPS) is 15.3. The van der Waals surface area contributed by atoms with E-state index in [4.69, 9.17) is 9.84 Å². The van der Waals surface area contributed by atoms with E-state index in [0.717, 1.165) is 22.3 Å². The quantitative estimate of drug-likeness (QED) is 0.550. The Kier molecular flexibility index (Phi) is 6.37. The second-order valence-corrected chi connectivity index (χ2v) is 7.26. The van der Waals surface area contributed by atoms with Crippen molar-refractivity contribution in [3.8, 4) is 11.1 Å². The third-order valence-corrected chi connectivity index (χ3v) is 5.12. The number of carbonyl (C=O) groups is 3. The Morgan fingerprint density at radius 1 is 0.967 bits per heavy atom. The van der Waals surface area contributed by atoms with Gasteiger partial charge in [-0.2, -0.15) is 0 Å². The molecule has 0 saturated carbocycles. The van der Waals surface area contributed by atoms with Crippen molar-refractivity contribution in [1.29, 1.82) is 0 Å². The molecule has 0 aliphatic heterocycles. The third-order valence-electron chi connectivity index (χ3n) is 5.12. The highest BCUT2D eigenvalue weighted by atomic mass is 16.5. The highest BCUT2D eigenvalue weighted by molar-refractivity contribution is 5.89. The number of carbonyl (C=O) groups excluding carboxylic acids is 2. The first-order valence-electron chi connectivity index (χ1n) is 9.62. The predicted molar refractivity (Wildman–Crippen MR) is 109 cm³/mol. The summed E-state index contributed by atoms with van der Waals surface area (Å²) in [6.07, 6.45) is -2.07. The first kappa shape index (κ1) is 21.3. The Labute approximate surface area is 173 Å². The van der Waals surface area contributed by atoms with Gasteiger partial charge in [0.1, 0.15) is 12.6 Å². The molecular formula is C22H24N2O6. The molecule has 2 unspecified atom stereocenters. The minimum Gasteiger partial charge on any atom is -0.480 e. The van der Waals surface area contributed by atoms with Crippen molar-refractivity contribution in [2.75, 3.05) is 6.61 Å². The summed E-state index contributed by atoms with van der Waals surface area (Å²) in [7, 11) is 0. The maximum absolute atomic E-state index is 12.2. The Morgan fingerprint density at radius 3 is 2.00 bits per heavy atom. The Morgan fingerprint density at radius 2 is 1.50 bits per heavy atom. The van der Waals surface area contributed by atoms with Crippen molar-refractivity contribution in [1.82, 2.24) is 10.6 Å². The number of alkyl carbamates (subject to hydrolysis) is 1. The maximum atomic E-state index is 12.2. The highest BCUT2D eigenvalue weighted by Gasteiger charge is 2.30. The van der Waals surface area contributed by atoms with Crippen LogP contribution in [0.25, 0.3) is 11.1 Å². The number of aliphatic hydroxyl groups is 1. The number of carboxylic acid groups (broad SMARTS) is 1. The maximum Gasteiger partial charge on any atom is 0.407 e. The van der Waals surface area contributed by atoms with E-state index in [-0.39, 0.29) is 12.5 Å². The molecule has 0 spiro atoms. The lowest BCUT2D eigenvalue weighted by molar-refractivity contribution is -0.145. The van der Waals surface area contributed by atoms with Crippen molar-refractivity contribution in [3.63, 3.8) is 0 Å². The van der Waals surface area contributed by atoms with Gasteiger partial charge < -0.3 is 25.6 Å². The Hall–Kier alpha value is -3.39. The summed E-state index contributed by atoms with van der Waals surface area (Å²) < 4.78 is 5.36. The molecule has 1 aliphatic carbocycles. The van der Waals surface area contributed by atoms with Crippen LogP contribution in [0.4, 0.5) is 4.79 Å². The lowest BCUT2D eigenvalue weighted by atomic mass is 9.98. The zero-order valence-electron chi connectivity index (χ0n) is 16.7. The largest absolute Gasteiger partial charge is 0.480 e. The lowest BCUT2D eigenvalue weighted by Gasteiger charge is -2.21. The molecule has 2 amide bonds. The number of benzene rings is 2. The molecule has 1 aliphatic rings. The number of hydrogen-bond acceptors (Lipinski definition) is 5. The van der Waals surface area contributed by atoms with Gasteiger partial charge in [-0.25, -0.2) is 9.59 Å². The first-order chi connectivity index (χ1) is 14.3. The SMILES string of the molecule is CC(O)C(NC(=O)[C@@H](C)NC(=O)OCC1c2ccccc2-c2ccccc21)C(=O)O. The molecule has 0 fully saturated rings. The van der Waals surface area contributed by atoms with E-state index >= 15 is 0 Å². The molecule has 0 heterocycles. The Bertz CT molecular complexity index is 913. The van der Waals surface area contributed by atoms with Crippen molar-refractivity contribution in [2.45, 2.75) is 38.0 Å². The molecular weight excluding hydrogens is 388 g/mol. The van der Waals surface area contributed by atoms with Crippen LogP contribution in [-0.2, 0) is 14.3 Å². The summed E-state index contributed by atoms with van der Waals surface area (Å²) in [5, 5.41) is 23.1. The fourth-order valence-electron chi connectivity index (χ4n) is 3.55. The van der Waals surface area contributed by atoms with Crippen molar-refractivity contribution >= 4 is 18.0 Å². The molecule has 3 atom stereocenters. The van der Waals surface area contributed by atoms with Crippen molar-refractivity contribution in [3.05, 3.63) is 59.7 Å². The first-order valence-corrected chi connectivity index (χ1v) is 9.62. The van der Waals surface area contributed by atoms with Crippen LogP contribution in [0.5, 0.6) is 0 Å². The van der Waals surface area contributed by atoms with Crippen LogP contribution in [-0.4, -0.2) is 53.0 Å². The summed E-state index contributed by atoms with van der Waals surface area (Å²) in [5.74, 6) is -2.22. The van der Waals surface area contributed by atoms with Crippen LogP contribution < -0.4 is 10.6 Å². The standard InChI is InChI=1S/C22H24N2O6/c1-12(20(26)24-19(13(2)25)21(27)28)23-22(29)30-11-18-16-9-5-3-7-14(16)15-8-4-6-10-17(15)18/h3-10,12-13,18-19,25H,11H2,1-2H3,(H,23,29)(H,24,26)(H,27,28)/t12-,13?,19?/m1/s1. The molecule has 8 heteroatoms. The molecule has 0 radical (unpaired) electrons. The fraction of sp³-hybridized carbons (Fsp3) is 0.318. The van der Waals surface area contributed by atoms with Gasteiger partial charge in [0, 0.05) is 5.92 Å². The number of carboxylic acids is 1. The monoisotopic (exact) mass is 412 g/mol. The van der Waals surface area contributed by atoms with Gasteiger partial charge in [0.25, 0.3) is 0 Å². The third kappa shape index (κ3) is 4.44. The number of hydrogen-bond donors (Lipinski definition) is 4. The second-order valence-electron chi connectivity index (χ2n) is 7.26. The minimum absolute atomic E-state index is 0.0968. The van der Waals surface area contributed by atoms with E-state index in [1.807, 2.05) is 48.5 Å². The van der Waals surface area contributed by atoms with Crippen LogP contribution in [0, 0.1) is 0 Å². The predicted octanol–water partition coefficient (Wildman–Crippen LogP) is 1.86. The van der Waals surface area contributed by atoms with Gasteiger partial charge in [0.05, 0.1) is 6.10 Å². The zero-order valence-corrected chi connectivity index (χ0v) is 16.7. The van der Waals surface area contributed by atoms with Gasteiger partial charge in [-0.3, -0.25) is 4.79 Å². The van der Waals surface area contributed by atoms with E-state index in [0.29, 0.717) is 0 Å². The zero-order chi connectivity index (χ0) is 21.8. The van der Waals surface area contributed by atoms with Gasteiger partial charge >= 0.3 is 12.1 Å². The summed E-state index contributed by atoms with van der Waals surface area (Å²) in [4.78, 5) is 35.4. The number of aliphatic hydroxyl groups excluding tert-OH is 1. The number of amides is 2. The smallest absolute Gasteiger partial charge is 0.407 e. The average Bonchev–Trinajstić information content (AvgIpc) is 3.03. The minimum atomic E-state index is -1.47. The van der Waals surface area contributed by atoms with Crippen molar-refractivity contribution in [2.24, 2.45) is 0 Å². The summed E-state index contributed by atoms with van der Waals surface area (Å²) in [6.45, 7) is 2.75. The van der Waals surface area contributed by atoms with Gasteiger partial charge in [0.2, 0.25) is 5.91 Å². The van der Waals surface area contributed by atoms with Gasteiger partial charge in [-0.05, 0) is 36.1 Å². The molecule has 3 rings (SSSR count). The number of aliphatic carboxylic acids is 1. The topological polar surface area (TPSA) is 125 Å². The van der Waals surface area contributed by atoms with Crippen LogP contribution in [0.15, 0.2) is 48.5 Å². The van der Waals surface area contributed by atoms with Gasteiger partial charge in [-0.15, -0.1) is 0 Å². The van der Waals surface area contributed by atoms with Crippen LogP contribution in [0.2, 0.25) is 0 Å². The molecule has 2 aromatic rings. The molecule has 0 aromatic heterocycles. The lowest BCUT2D eigenvalue weighted by Crippen LogP contribution is -2.53. The van der Waals surface area contributed by atoms with E-state index in [2.05, 4.69) is 10.6 Å². The highest BCUT2D eigenvalue weighted by Crippen LogP contribution is 2.44. The number of fused-ring (bicyclic) bond motifs is 3. The molecule has 0 bridgehead atoms. The molecule has 2 aromatic carbocycles. The average molecular weight is 412 g/mol.